The standard InChI is InChI=1S/C33H32FN5O3/c1-21(27-19-28(36-35-27)23-9-4-3-5-10-23)37(2)31(40)24-14-16-38(17-15-24)29-13-7-12-26-30(29)33(42)39(32(26)41)20-22-8-6-11-25(34)18-22/h3-13,18-19,21,24H,14-17,20H2,1-2H3,(H,35,36)/t21-/m0/s1. The monoisotopic (exact) mass is 565 g/mol. The normalized spacial score (nSPS) is 16.1. The number of imide groups is 1. The van der Waals surface area contributed by atoms with Crippen molar-refractivity contribution in [2.24, 2.45) is 5.92 Å². The molecule has 0 aliphatic carbocycles. The van der Waals surface area contributed by atoms with Crippen molar-refractivity contribution >= 4 is 23.4 Å². The Morgan fingerprint density at radius 1 is 1.00 bits per heavy atom. The van der Waals surface area contributed by atoms with Crippen LogP contribution in [0.5, 0.6) is 0 Å². The number of nitrogens with zero attached hydrogens (tertiary/aromatic N) is 4. The van der Waals surface area contributed by atoms with Crippen molar-refractivity contribution in [1.29, 1.82) is 0 Å². The van der Waals surface area contributed by atoms with Gasteiger partial charge in [0.1, 0.15) is 5.82 Å². The number of anilines is 1. The van der Waals surface area contributed by atoms with Crippen LogP contribution in [-0.2, 0) is 11.3 Å². The van der Waals surface area contributed by atoms with Crippen molar-refractivity contribution in [2.45, 2.75) is 32.4 Å². The first kappa shape index (κ1) is 27.4. The average Bonchev–Trinajstić information content (AvgIpc) is 3.61. The van der Waals surface area contributed by atoms with Crippen LogP contribution >= 0.6 is 0 Å². The zero-order chi connectivity index (χ0) is 29.4. The van der Waals surface area contributed by atoms with Gasteiger partial charge in [0.2, 0.25) is 5.91 Å². The molecule has 4 aromatic rings. The molecule has 0 spiro atoms. The summed E-state index contributed by atoms with van der Waals surface area (Å²) >= 11 is 0. The first-order chi connectivity index (χ1) is 20.3. The van der Waals surface area contributed by atoms with Crippen LogP contribution in [0.3, 0.4) is 0 Å². The molecule has 1 fully saturated rings. The van der Waals surface area contributed by atoms with Crippen molar-refractivity contribution in [2.75, 3.05) is 25.0 Å². The molecule has 3 amide bonds. The number of carbonyl (C=O) groups is 3. The Kier molecular flexibility index (Phi) is 7.33. The van der Waals surface area contributed by atoms with Crippen LogP contribution in [0.4, 0.5) is 10.1 Å². The van der Waals surface area contributed by atoms with E-state index in [-0.39, 0.29) is 36.2 Å². The van der Waals surface area contributed by atoms with Gasteiger partial charge in [0.15, 0.2) is 0 Å². The van der Waals surface area contributed by atoms with E-state index in [1.807, 2.05) is 56.4 Å². The third-order valence-corrected chi connectivity index (χ3v) is 8.44. The molecule has 2 aliphatic rings. The fourth-order valence-corrected chi connectivity index (χ4v) is 5.90. The maximum Gasteiger partial charge on any atom is 0.263 e. The molecule has 1 aromatic heterocycles. The van der Waals surface area contributed by atoms with Gasteiger partial charge in [-0.3, -0.25) is 24.4 Å². The van der Waals surface area contributed by atoms with E-state index in [9.17, 15) is 18.8 Å². The lowest BCUT2D eigenvalue weighted by Gasteiger charge is -2.36. The molecule has 0 unspecified atom stereocenters. The van der Waals surface area contributed by atoms with Crippen LogP contribution in [0.2, 0.25) is 0 Å². The van der Waals surface area contributed by atoms with Crippen molar-refractivity contribution < 1.29 is 18.8 Å². The van der Waals surface area contributed by atoms with Crippen molar-refractivity contribution in [1.82, 2.24) is 20.0 Å². The third-order valence-electron chi connectivity index (χ3n) is 8.44. The summed E-state index contributed by atoms with van der Waals surface area (Å²) in [6, 6.07) is 22.9. The summed E-state index contributed by atoms with van der Waals surface area (Å²) < 4.78 is 13.7. The third kappa shape index (κ3) is 5.06. The largest absolute Gasteiger partial charge is 0.371 e. The summed E-state index contributed by atoms with van der Waals surface area (Å²) in [5.41, 5.74) is 4.70. The molecule has 1 atom stereocenters. The molecule has 1 saturated heterocycles. The molecule has 0 saturated carbocycles. The smallest absolute Gasteiger partial charge is 0.263 e. The predicted octanol–water partition coefficient (Wildman–Crippen LogP) is 5.45. The van der Waals surface area contributed by atoms with Crippen LogP contribution in [-0.4, -0.2) is 57.9 Å². The van der Waals surface area contributed by atoms with Gasteiger partial charge in [-0.15, -0.1) is 0 Å². The number of piperidine rings is 1. The number of hydrogen-bond donors (Lipinski definition) is 1. The molecular weight excluding hydrogens is 533 g/mol. The van der Waals surface area contributed by atoms with Gasteiger partial charge in [0.05, 0.1) is 40.8 Å². The Hall–Kier alpha value is -4.79. The van der Waals surface area contributed by atoms with Gasteiger partial charge in [-0.1, -0.05) is 48.5 Å². The van der Waals surface area contributed by atoms with E-state index in [2.05, 4.69) is 15.1 Å². The summed E-state index contributed by atoms with van der Waals surface area (Å²) in [5.74, 6) is -1.25. The molecule has 0 radical (unpaired) electrons. The zero-order valence-electron chi connectivity index (χ0n) is 23.6. The molecule has 2 aliphatic heterocycles. The Balaban J connectivity index is 1.11. The SMILES string of the molecule is C[C@@H](c1cc(-c2ccccc2)n[nH]1)N(C)C(=O)C1CCN(c2cccc3c2C(=O)N(Cc2cccc(F)c2)C3=O)CC1. The van der Waals surface area contributed by atoms with E-state index in [1.165, 1.54) is 17.0 Å². The van der Waals surface area contributed by atoms with Gasteiger partial charge in [0.25, 0.3) is 11.8 Å². The molecule has 42 heavy (non-hydrogen) atoms. The quantitative estimate of drug-likeness (QED) is 0.301. The molecule has 214 valence electrons. The van der Waals surface area contributed by atoms with Crippen molar-refractivity contribution in [3.05, 3.63) is 107 Å². The summed E-state index contributed by atoms with van der Waals surface area (Å²) in [4.78, 5) is 45.1. The number of halogens is 1. The van der Waals surface area contributed by atoms with Gasteiger partial charge in [-0.05, 0) is 55.7 Å². The predicted molar refractivity (Wildman–Crippen MR) is 157 cm³/mol. The van der Waals surface area contributed by atoms with E-state index < -0.39 is 5.82 Å². The molecule has 9 heteroatoms. The number of nitrogens with one attached hydrogen (secondary N) is 1. The van der Waals surface area contributed by atoms with Gasteiger partial charge in [-0.2, -0.15) is 5.10 Å². The highest BCUT2D eigenvalue weighted by atomic mass is 19.1. The Bertz CT molecular complexity index is 1640. The van der Waals surface area contributed by atoms with Gasteiger partial charge >= 0.3 is 0 Å². The summed E-state index contributed by atoms with van der Waals surface area (Å²) in [6.07, 6.45) is 1.26. The molecule has 3 aromatic carbocycles. The number of hydrogen-bond acceptors (Lipinski definition) is 5. The molecule has 1 N–H and O–H groups in total. The Morgan fingerprint density at radius 2 is 1.74 bits per heavy atom. The summed E-state index contributed by atoms with van der Waals surface area (Å²) in [5, 5.41) is 7.53. The maximum absolute atomic E-state index is 13.7. The Labute approximate surface area is 243 Å². The van der Waals surface area contributed by atoms with E-state index in [4.69, 9.17) is 0 Å². The molecule has 0 bridgehead atoms. The molecule has 6 rings (SSSR count). The van der Waals surface area contributed by atoms with E-state index in [1.54, 1.807) is 29.2 Å². The van der Waals surface area contributed by atoms with Crippen LogP contribution in [0.1, 0.15) is 57.8 Å². The number of fused-ring (bicyclic) bond motifs is 1. The minimum Gasteiger partial charge on any atom is -0.371 e. The fraction of sp³-hybridized carbons (Fsp3) is 0.273. The highest BCUT2D eigenvalue weighted by Crippen LogP contribution is 2.35. The molecular formula is C33H32FN5O3. The van der Waals surface area contributed by atoms with Crippen LogP contribution in [0, 0.1) is 11.7 Å². The first-order valence-electron chi connectivity index (χ1n) is 14.2. The minimum atomic E-state index is -0.413. The van der Waals surface area contributed by atoms with Gasteiger partial charge in [0, 0.05) is 31.6 Å². The lowest BCUT2D eigenvalue weighted by molar-refractivity contribution is -0.136. The molecule has 3 heterocycles. The highest BCUT2D eigenvalue weighted by molar-refractivity contribution is 6.23. The van der Waals surface area contributed by atoms with E-state index in [0.717, 1.165) is 17.0 Å². The first-order valence-corrected chi connectivity index (χ1v) is 14.2. The average molecular weight is 566 g/mol. The second-order valence-corrected chi connectivity index (χ2v) is 11.0. The summed E-state index contributed by atoms with van der Waals surface area (Å²) in [6.45, 7) is 3.17. The van der Waals surface area contributed by atoms with Crippen LogP contribution < -0.4 is 4.90 Å². The van der Waals surface area contributed by atoms with E-state index in [0.29, 0.717) is 48.3 Å². The zero-order valence-corrected chi connectivity index (χ0v) is 23.6. The lowest BCUT2D eigenvalue weighted by Crippen LogP contribution is -2.42. The van der Waals surface area contributed by atoms with E-state index >= 15 is 0 Å². The van der Waals surface area contributed by atoms with Crippen LogP contribution in [0.15, 0.2) is 78.9 Å². The molecule has 8 nitrogen and oxygen atoms in total. The fourth-order valence-electron chi connectivity index (χ4n) is 5.90. The Morgan fingerprint density at radius 3 is 2.48 bits per heavy atom. The number of rotatable bonds is 7. The lowest BCUT2D eigenvalue weighted by atomic mass is 9.93. The van der Waals surface area contributed by atoms with Gasteiger partial charge < -0.3 is 9.80 Å². The summed E-state index contributed by atoms with van der Waals surface area (Å²) in [7, 11) is 1.82. The maximum atomic E-state index is 13.7. The van der Waals surface area contributed by atoms with Crippen molar-refractivity contribution in [3.8, 4) is 11.3 Å². The second-order valence-electron chi connectivity index (χ2n) is 11.0. The van der Waals surface area contributed by atoms with Crippen LogP contribution in [0.25, 0.3) is 11.3 Å². The number of carbonyl (C=O) groups excluding carboxylic acids is 3. The topological polar surface area (TPSA) is 89.6 Å². The highest BCUT2D eigenvalue weighted by Gasteiger charge is 2.39. The number of benzene rings is 3. The number of H-pyrrole nitrogens is 1. The van der Waals surface area contributed by atoms with Crippen molar-refractivity contribution in [3.63, 3.8) is 0 Å². The second kappa shape index (κ2) is 11.2. The minimum absolute atomic E-state index is 0.00775. The van der Waals surface area contributed by atoms with Gasteiger partial charge in [-0.25, -0.2) is 4.39 Å². The number of aromatic amines is 1. The number of amides is 3. The number of aromatic nitrogens is 2.